The molecule has 0 aromatic heterocycles. The van der Waals surface area contributed by atoms with Crippen LogP contribution in [0.4, 0.5) is 13.2 Å². The van der Waals surface area contributed by atoms with E-state index in [2.05, 4.69) is 21.2 Å². The van der Waals surface area contributed by atoms with E-state index in [0.717, 1.165) is 21.3 Å². The Morgan fingerprint density at radius 1 is 1.16 bits per heavy atom. The van der Waals surface area contributed by atoms with Crippen molar-refractivity contribution in [3.05, 3.63) is 58.1 Å². The molecule has 0 aliphatic heterocycles. The van der Waals surface area contributed by atoms with E-state index >= 15 is 0 Å². The van der Waals surface area contributed by atoms with Crippen molar-refractivity contribution < 1.29 is 22.6 Å². The first-order valence-corrected chi connectivity index (χ1v) is 8.43. The molecule has 0 saturated heterocycles. The molecule has 0 radical (unpaired) electrons. The molecule has 0 aliphatic rings. The number of hydrogen-bond donors (Lipinski definition) is 1. The third kappa shape index (κ3) is 6.25. The van der Waals surface area contributed by atoms with Gasteiger partial charge in [-0.1, -0.05) is 18.2 Å². The number of nitrogens with one attached hydrogen (secondary N) is 1. The number of benzene rings is 2. The number of hydrogen-bond acceptors (Lipinski definition) is 3. The Balaban J connectivity index is 1.95. The Morgan fingerprint density at radius 2 is 1.92 bits per heavy atom. The average Bonchev–Trinajstić information content (AvgIpc) is 2.57. The van der Waals surface area contributed by atoms with E-state index in [4.69, 9.17) is 9.47 Å². The van der Waals surface area contributed by atoms with Crippen molar-refractivity contribution in [1.29, 1.82) is 0 Å². The maximum absolute atomic E-state index is 12.2. The molecule has 0 bridgehead atoms. The molecule has 0 spiro atoms. The van der Waals surface area contributed by atoms with Crippen LogP contribution in [0.15, 0.2) is 46.9 Å². The lowest BCUT2D eigenvalue weighted by Crippen LogP contribution is -2.20. The van der Waals surface area contributed by atoms with Crippen molar-refractivity contribution in [2.24, 2.45) is 0 Å². The van der Waals surface area contributed by atoms with Gasteiger partial charge in [-0.2, -0.15) is 13.2 Å². The van der Waals surface area contributed by atoms with Crippen LogP contribution in [0, 0.1) is 0 Å². The molecule has 2 aromatic rings. The number of halogens is 4. The van der Waals surface area contributed by atoms with Crippen LogP contribution in [-0.2, 0) is 6.54 Å². The maximum Gasteiger partial charge on any atom is 0.422 e. The highest BCUT2D eigenvalue weighted by Crippen LogP contribution is 2.28. The molecule has 0 fully saturated rings. The van der Waals surface area contributed by atoms with E-state index in [1.165, 1.54) is 6.07 Å². The molecule has 1 N–H and O–H groups in total. The number of rotatable bonds is 7. The molecule has 0 saturated carbocycles. The van der Waals surface area contributed by atoms with Gasteiger partial charge in [0.2, 0.25) is 0 Å². The van der Waals surface area contributed by atoms with E-state index in [0.29, 0.717) is 6.54 Å². The molecule has 2 aromatic carbocycles. The van der Waals surface area contributed by atoms with Gasteiger partial charge in [-0.25, -0.2) is 0 Å². The van der Waals surface area contributed by atoms with E-state index < -0.39 is 12.8 Å². The van der Waals surface area contributed by atoms with Gasteiger partial charge in [0.15, 0.2) is 6.61 Å². The summed E-state index contributed by atoms with van der Waals surface area (Å²) >= 11 is 3.45. The number of methoxy groups -OCH3 is 1. The molecule has 1 unspecified atom stereocenters. The first kappa shape index (κ1) is 19.6. The molecule has 0 aliphatic carbocycles. The van der Waals surface area contributed by atoms with Crippen molar-refractivity contribution >= 4 is 15.9 Å². The number of alkyl halides is 3. The van der Waals surface area contributed by atoms with Crippen LogP contribution in [0.25, 0.3) is 0 Å². The summed E-state index contributed by atoms with van der Waals surface area (Å²) in [6.45, 7) is 1.23. The van der Waals surface area contributed by atoms with Crippen LogP contribution in [-0.4, -0.2) is 19.9 Å². The zero-order chi connectivity index (χ0) is 18.4. The summed E-state index contributed by atoms with van der Waals surface area (Å²) in [4.78, 5) is 0. The highest BCUT2D eigenvalue weighted by atomic mass is 79.9. The molecule has 0 amide bonds. The second-order valence-corrected chi connectivity index (χ2v) is 6.40. The lowest BCUT2D eigenvalue weighted by molar-refractivity contribution is -0.153. The predicted octanol–water partition coefficient (Wildman–Crippen LogP) is 5.25. The Kier molecular flexibility index (Phi) is 6.72. The largest absolute Gasteiger partial charge is 0.496 e. The SMILES string of the molecule is COc1ccc(C(C)NCc2cccc(OCC(F)(F)F)c2)cc1Br. The third-order valence-electron chi connectivity index (χ3n) is 3.59. The van der Waals surface area contributed by atoms with Crippen LogP contribution in [0.2, 0.25) is 0 Å². The third-order valence-corrected chi connectivity index (χ3v) is 4.21. The van der Waals surface area contributed by atoms with Crippen molar-refractivity contribution in [2.75, 3.05) is 13.7 Å². The topological polar surface area (TPSA) is 30.5 Å². The average molecular weight is 418 g/mol. The minimum absolute atomic E-state index is 0.0574. The lowest BCUT2D eigenvalue weighted by Gasteiger charge is -2.16. The lowest BCUT2D eigenvalue weighted by atomic mass is 10.1. The molecule has 2 rings (SSSR count). The van der Waals surface area contributed by atoms with Crippen molar-refractivity contribution in [1.82, 2.24) is 5.32 Å². The molecule has 25 heavy (non-hydrogen) atoms. The summed E-state index contributed by atoms with van der Waals surface area (Å²) in [5.74, 6) is 0.960. The summed E-state index contributed by atoms with van der Waals surface area (Å²) < 4.78 is 47.5. The van der Waals surface area contributed by atoms with Gasteiger partial charge in [0.25, 0.3) is 0 Å². The summed E-state index contributed by atoms with van der Waals surface area (Å²) in [5, 5.41) is 3.34. The summed E-state index contributed by atoms with van der Waals surface area (Å²) in [6.07, 6.45) is -4.34. The molecule has 7 heteroatoms. The molecule has 3 nitrogen and oxygen atoms in total. The minimum atomic E-state index is -4.34. The monoisotopic (exact) mass is 417 g/mol. The van der Waals surface area contributed by atoms with Gasteiger partial charge in [-0.05, 0) is 58.2 Å². The van der Waals surface area contributed by atoms with E-state index in [-0.39, 0.29) is 11.8 Å². The van der Waals surface area contributed by atoms with Gasteiger partial charge in [0.1, 0.15) is 11.5 Å². The van der Waals surface area contributed by atoms with Gasteiger partial charge < -0.3 is 14.8 Å². The second kappa shape index (κ2) is 8.58. The summed E-state index contributed by atoms with van der Waals surface area (Å²) in [5.41, 5.74) is 1.91. The summed E-state index contributed by atoms with van der Waals surface area (Å²) in [7, 11) is 1.61. The highest BCUT2D eigenvalue weighted by molar-refractivity contribution is 9.10. The van der Waals surface area contributed by atoms with Crippen molar-refractivity contribution in [2.45, 2.75) is 25.7 Å². The van der Waals surface area contributed by atoms with Crippen LogP contribution in [0.5, 0.6) is 11.5 Å². The Hall–Kier alpha value is -1.73. The maximum atomic E-state index is 12.2. The summed E-state index contributed by atoms with van der Waals surface area (Å²) in [6, 6.07) is 12.5. The van der Waals surface area contributed by atoms with Crippen molar-refractivity contribution in [3.63, 3.8) is 0 Å². The molecule has 1 atom stereocenters. The fourth-order valence-corrected chi connectivity index (χ4v) is 2.81. The Morgan fingerprint density at radius 3 is 2.56 bits per heavy atom. The van der Waals surface area contributed by atoms with Crippen LogP contribution < -0.4 is 14.8 Å². The normalized spacial score (nSPS) is 12.7. The van der Waals surface area contributed by atoms with E-state index in [9.17, 15) is 13.2 Å². The smallest absolute Gasteiger partial charge is 0.422 e. The van der Waals surface area contributed by atoms with Crippen LogP contribution in [0.3, 0.4) is 0 Å². The van der Waals surface area contributed by atoms with Crippen LogP contribution >= 0.6 is 15.9 Å². The van der Waals surface area contributed by atoms with E-state index in [1.54, 1.807) is 19.2 Å². The van der Waals surface area contributed by atoms with Crippen molar-refractivity contribution in [3.8, 4) is 11.5 Å². The number of ether oxygens (including phenoxy) is 2. The van der Waals surface area contributed by atoms with Gasteiger partial charge in [0.05, 0.1) is 11.6 Å². The zero-order valence-electron chi connectivity index (χ0n) is 13.9. The quantitative estimate of drug-likeness (QED) is 0.667. The van der Waals surface area contributed by atoms with E-state index in [1.807, 2.05) is 31.2 Å². The Bertz CT molecular complexity index is 707. The van der Waals surface area contributed by atoms with Gasteiger partial charge in [-0.15, -0.1) is 0 Å². The molecular weight excluding hydrogens is 399 g/mol. The Labute approximate surface area is 153 Å². The first-order valence-electron chi connectivity index (χ1n) is 7.64. The molecule has 136 valence electrons. The standard InChI is InChI=1S/C18H19BrF3NO2/c1-12(14-6-7-17(24-2)16(19)9-14)23-10-13-4-3-5-15(8-13)25-11-18(20,21)22/h3-9,12,23H,10-11H2,1-2H3. The predicted molar refractivity (Wildman–Crippen MR) is 93.9 cm³/mol. The van der Waals surface area contributed by atoms with Gasteiger partial charge >= 0.3 is 6.18 Å². The fourth-order valence-electron chi connectivity index (χ4n) is 2.25. The second-order valence-electron chi connectivity index (χ2n) is 5.55. The zero-order valence-corrected chi connectivity index (χ0v) is 15.4. The molecule has 0 heterocycles. The highest BCUT2D eigenvalue weighted by Gasteiger charge is 2.28. The molecular formula is C18H19BrF3NO2. The minimum Gasteiger partial charge on any atom is -0.496 e. The van der Waals surface area contributed by atoms with Crippen LogP contribution in [0.1, 0.15) is 24.1 Å². The first-order chi connectivity index (χ1) is 11.8. The van der Waals surface area contributed by atoms with Gasteiger partial charge in [0, 0.05) is 12.6 Å². The van der Waals surface area contributed by atoms with Gasteiger partial charge in [-0.3, -0.25) is 0 Å². The fraction of sp³-hybridized carbons (Fsp3) is 0.333.